The second kappa shape index (κ2) is 7.25. The molecule has 0 bridgehead atoms. The molecule has 3 heteroatoms. The first-order valence-electron chi connectivity index (χ1n) is 7.29. The smallest absolute Gasteiger partial charge is 0.200 e. The molecule has 0 spiro atoms. The van der Waals surface area contributed by atoms with Crippen LogP contribution in [0.15, 0.2) is 83.3 Å². The van der Waals surface area contributed by atoms with Crippen LogP contribution in [-0.4, -0.2) is 12.4 Å². The van der Waals surface area contributed by atoms with Crippen molar-refractivity contribution in [2.45, 2.75) is 0 Å². The number of hydrogen-bond donors (Lipinski definition) is 0. The molecule has 0 unspecified atom stereocenters. The van der Waals surface area contributed by atoms with Crippen molar-refractivity contribution in [2.24, 2.45) is 0 Å². The monoisotopic (exact) mass is 366 g/mol. The summed E-state index contributed by atoms with van der Waals surface area (Å²) < 4.78 is 6.46. The zero-order chi connectivity index (χ0) is 16.1. The highest BCUT2D eigenvalue weighted by Crippen LogP contribution is 2.20. The van der Waals surface area contributed by atoms with E-state index in [1.54, 1.807) is 0 Å². The van der Waals surface area contributed by atoms with Crippen LogP contribution in [0.1, 0.15) is 10.4 Å². The summed E-state index contributed by atoms with van der Waals surface area (Å²) in [4.78, 5) is 12.2. The molecule has 3 aromatic carbocycles. The van der Waals surface area contributed by atoms with Gasteiger partial charge in [0.05, 0.1) is 0 Å². The largest absolute Gasteiger partial charge is 0.485 e. The number of carbonyl (C=O) groups excluding carboxylic acids is 1. The van der Waals surface area contributed by atoms with E-state index in [0.29, 0.717) is 11.3 Å². The van der Waals surface area contributed by atoms with Gasteiger partial charge in [0.2, 0.25) is 0 Å². The normalized spacial score (nSPS) is 10.3. The van der Waals surface area contributed by atoms with Crippen LogP contribution in [-0.2, 0) is 0 Å². The standard InChI is InChI=1S/C20H15BrO2/c21-18-7-4-8-19(13-18)23-14-20(22)17-11-9-16(10-12-17)15-5-2-1-3-6-15/h1-13H,14H2. The molecule has 0 fully saturated rings. The van der Waals surface area contributed by atoms with Crippen molar-refractivity contribution >= 4 is 21.7 Å². The van der Waals surface area contributed by atoms with Crippen molar-refractivity contribution in [1.82, 2.24) is 0 Å². The SMILES string of the molecule is O=C(COc1cccc(Br)c1)c1ccc(-c2ccccc2)cc1. The fourth-order valence-corrected chi connectivity index (χ4v) is 2.65. The summed E-state index contributed by atoms with van der Waals surface area (Å²) >= 11 is 3.38. The summed E-state index contributed by atoms with van der Waals surface area (Å²) in [6.45, 7) is 0.0289. The van der Waals surface area contributed by atoms with Crippen LogP contribution >= 0.6 is 15.9 Å². The number of halogens is 1. The van der Waals surface area contributed by atoms with Gasteiger partial charge in [-0.15, -0.1) is 0 Å². The van der Waals surface area contributed by atoms with Crippen LogP contribution in [0.5, 0.6) is 5.75 Å². The summed E-state index contributed by atoms with van der Waals surface area (Å²) in [6, 6.07) is 25.1. The van der Waals surface area contributed by atoms with Gasteiger partial charge in [0.25, 0.3) is 0 Å². The first-order valence-corrected chi connectivity index (χ1v) is 8.09. The van der Waals surface area contributed by atoms with Gasteiger partial charge in [-0.25, -0.2) is 0 Å². The van der Waals surface area contributed by atoms with E-state index in [2.05, 4.69) is 15.9 Å². The average Bonchev–Trinajstić information content (AvgIpc) is 2.61. The minimum atomic E-state index is -0.0374. The number of benzene rings is 3. The molecule has 0 aliphatic heterocycles. The zero-order valence-corrected chi connectivity index (χ0v) is 14.0. The Hall–Kier alpha value is -2.39. The zero-order valence-electron chi connectivity index (χ0n) is 12.4. The third kappa shape index (κ3) is 4.08. The molecular formula is C20H15BrO2. The molecule has 3 aromatic rings. The van der Waals surface area contributed by atoms with Gasteiger partial charge in [0.15, 0.2) is 12.4 Å². The van der Waals surface area contributed by atoms with Crippen molar-refractivity contribution in [1.29, 1.82) is 0 Å². The van der Waals surface area contributed by atoms with Crippen molar-refractivity contribution in [3.63, 3.8) is 0 Å². The van der Waals surface area contributed by atoms with Gasteiger partial charge in [0, 0.05) is 10.0 Å². The molecule has 0 heterocycles. The number of Topliss-reactive ketones (excluding diaryl/α,β-unsaturated/α-hetero) is 1. The van der Waals surface area contributed by atoms with E-state index < -0.39 is 0 Å². The first kappa shape index (κ1) is 15.5. The molecule has 23 heavy (non-hydrogen) atoms. The summed E-state index contributed by atoms with van der Waals surface area (Å²) in [5.41, 5.74) is 2.88. The fraction of sp³-hybridized carbons (Fsp3) is 0.0500. The van der Waals surface area contributed by atoms with E-state index in [0.717, 1.165) is 15.6 Å². The molecular weight excluding hydrogens is 352 g/mol. The van der Waals surface area contributed by atoms with E-state index >= 15 is 0 Å². The highest BCUT2D eigenvalue weighted by atomic mass is 79.9. The third-order valence-electron chi connectivity index (χ3n) is 3.48. The van der Waals surface area contributed by atoms with Gasteiger partial charge in [-0.3, -0.25) is 4.79 Å². The molecule has 0 aliphatic carbocycles. The van der Waals surface area contributed by atoms with Crippen LogP contribution in [0.25, 0.3) is 11.1 Å². The molecule has 0 amide bonds. The van der Waals surface area contributed by atoms with Crippen LogP contribution < -0.4 is 4.74 Å². The van der Waals surface area contributed by atoms with Gasteiger partial charge in [-0.05, 0) is 29.3 Å². The number of rotatable bonds is 5. The Morgan fingerprint density at radius 3 is 2.22 bits per heavy atom. The highest BCUT2D eigenvalue weighted by Gasteiger charge is 2.07. The topological polar surface area (TPSA) is 26.3 Å². The maximum atomic E-state index is 12.2. The van der Waals surface area contributed by atoms with Gasteiger partial charge in [-0.2, -0.15) is 0 Å². The Balaban J connectivity index is 1.66. The number of carbonyl (C=O) groups is 1. The Kier molecular flexibility index (Phi) is 4.89. The molecule has 0 saturated carbocycles. The lowest BCUT2D eigenvalue weighted by Gasteiger charge is -2.07. The van der Waals surface area contributed by atoms with Crippen LogP contribution in [0, 0.1) is 0 Å². The predicted octanol–water partition coefficient (Wildman–Crippen LogP) is 5.38. The van der Waals surface area contributed by atoms with Gasteiger partial charge >= 0.3 is 0 Å². The molecule has 0 radical (unpaired) electrons. The van der Waals surface area contributed by atoms with E-state index in [-0.39, 0.29) is 12.4 Å². The molecule has 2 nitrogen and oxygen atoms in total. The van der Waals surface area contributed by atoms with Crippen molar-refractivity contribution in [3.8, 4) is 16.9 Å². The number of ketones is 1. The van der Waals surface area contributed by atoms with E-state index in [1.807, 2.05) is 78.9 Å². The molecule has 0 atom stereocenters. The van der Waals surface area contributed by atoms with Gasteiger partial charge < -0.3 is 4.74 Å². The lowest BCUT2D eigenvalue weighted by molar-refractivity contribution is 0.0921. The maximum absolute atomic E-state index is 12.2. The van der Waals surface area contributed by atoms with E-state index in [4.69, 9.17) is 4.74 Å². The summed E-state index contributed by atoms with van der Waals surface area (Å²) in [5.74, 6) is 0.637. The lowest BCUT2D eigenvalue weighted by atomic mass is 10.0. The van der Waals surface area contributed by atoms with Crippen molar-refractivity contribution < 1.29 is 9.53 Å². The van der Waals surface area contributed by atoms with Crippen LogP contribution in [0.2, 0.25) is 0 Å². The molecule has 0 N–H and O–H groups in total. The van der Waals surface area contributed by atoms with Crippen LogP contribution in [0.4, 0.5) is 0 Å². The maximum Gasteiger partial charge on any atom is 0.200 e. The summed E-state index contributed by atoms with van der Waals surface area (Å²) in [7, 11) is 0. The summed E-state index contributed by atoms with van der Waals surface area (Å²) in [6.07, 6.45) is 0. The van der Waals surface area contributed by atoms with Crippen LogP contribution in [0.3, 0.4) is 0 Å². The predicted molar refractivity (Wildman–Crippen MR) is 95.8 cm³/mol. The Bertz CT molecular complexity index is 795. The van der Waals surface area contributed by atoms with Gasteiger partial charge in [0.1, 0.15) is 5.75 Å². The molecule has 114 valence electrons. The van der Waals surface area contributed by atoms with E-state index in [9.17, 15) is 4.79 Å². The molecule has 0 aromatic heterocycles. The molecule has 0 aliphatic rings. The second-order valence-electron chi connectivity index (χ2n) is 5.11. The average molecular weight is 367 g/mol. The Morgan fingerprint density at radius 1 is 0.826 bits per heavy atom. The second-order valence-corrected chi connectivity index (χ2v) is 6.03. The third-order valence-corrected chi connectivity index (χ3v) is 3.97. The van der Waals surface area contributed by atoms with Gasteiger partial charge in [-0.1, -0.05) is 76.6 Å². The Labute approximate surface area is 143 Å². The minimum absolute atomic E-state index is 0.0289. The van der Waals surface area contributed by atoms with Crippen molar-refractivity contribution in [2.75, 3.05) is 6.61 Å². The lowest BCUT2D eigenvalue weighted by Crippen LogP contribution is -2.11. The Morgan fingerprint density at radius 2 is 1.52 bits per heavy atom. The minimum Gasteiger partial charge on any atom is -0.485 e. The molecule has 3 rings (SSSR count). The fourth-order valence-electron chi connectivity index (χ4n) is 2.27. The number of ether oxygens (including phenoxy) is 1. The van der Waals surface area contributed by atoms with Crippen molar-refractivity contribution in [3.05, 3.63) is 88.9 Å². The quantitative estimate of drug-likeness (QED) is 0.566. The highest BCUT2D eigenvalue weighted by molar-refractivity contribution is 9.10. The first-order chi connectivity index (χ1) is 11.2. The van der Waals surface area contributed by atoms with E-state index in [1.165, 1.54) is 0 Å². The number of hydrogen-bond acceptors (Lipinski definition) is 2. The molecule has 0 saturated heterocycles. The summed E-state index contributed by atoms with van der Waals surface area (Å²) in [5, 5.41) is 0.